The lowest BCUT2D eigenvalue weighted by Gasteiger charge is -2.11. The lowest BCUT2D eigenvalue weighted by Crippen LogP contribution is -2.35. The highest BCUT2D eigenvalue weighted by molar-refractivity contribution is 5.79. The fourth-order valence-corrected chi connectivity index (χ4v) is 1.24. The second-order valence-electron chi connectivity index (χ2n) is 3.44. The van der Waals surface area contributed by atoms with Gasteiger partial charge in [0.25, 0.3) is 0 Å². The molecule has 1 unspecified atom stereocenters. The molecule has 0 fully saturated rings. The summed E-state index contributed by atoms with van der Waals surface area (Å²) in [4.78, 5) is 21.5. The van der Waals surface area contributed by atoms with Crippen molar-refractivity contribution >= 4 is 11.9 Å². The van der Waals surface area contributed by atoms with Gasteiger partial charge in [0.05, 0.1) is 0 Å². The van der Waals surface area contributed by atoms with Gasteiger partial charge in [0.15, 0.2) is 6.61 Å². The zero-order chi connectivity index (χ0) is 12.8. The summed E-state index contributed by atoms with van der Waals surface area (Å²) in [5.74, 6) is -2.02. The van der Waals surface area contributed by atoms with Gasteiger partial charge in [-0.25, -0.2) is 4.79 Å². The first kappa shape index (κ1) is 13.0. The van der Waals surface area contributed by atoms with Gasteiger partial charge in [0, 0.05) is 6.42 Å². The van der Waals surface area contributed by atoms with Gasteiger partial charge in [-0.15, -0.1) is 0 Å². The van der Waals surface area contributed by atoms with Crippen molar-refractivity contribution in [2.24, 2.45) is 5.73 Å². The Labute approximate surface area is 97.6 Å². The van der Waals surface area contributed by atoms with Gasteiger partial charge >= 0.3 is 11.9 Å². The van der Waals surface area contributed by atoms with E-state index >= 15 is 0 Å². The molecule has 1 atom stereocenters. The maximum atomic E-state index is 11.3. The fraction of sp³-hybridized carbons (Fsp3) is 0.273. The molecule has 0 aliphatic carbocycles. The Balaban J connectivity index is 2.54. The Morgan fingerprint density at radius 2 is 2.00 bits per heavy atom. The topological polar surface area (TPSA) is 110 Å². The molecule has 0 heterocycles. The van der Waals surface area contributed by atoms with Gasteiger partial charge < -0.3 is 20.7 Å². The van der Waals surface area contributed by atoms with Gasteiger partial charge in [0.1, 0.15) is 11.8 Å². The molecule has 0 aliphatic heterocycles. The van der Waals surface area contributed by atoms with Gasteiger partial charge in [-0.2, -0.15) is 0 Å². The lowest BCUT2D eigenvalue weighted by atomic mass is 10.1. The first-order valence-electron chi connectivity index (χ1n) is 4.91. The van der Waals surface area contributed by atoms with Crippen LogP contribution in [-0.4, -0.2) is 34.8 Å². The molecule has 0 radical (unpaired) electrons. The predicted molar refractivity (Wildman–Crippen MR) is 58.4 cm³/mol. The Kier molecular flexibility index (Phi) is 4.47. The molecule has 0 spiro atoms. The van der Waals surface area contributed by atoms with Crippen LogP contribution in [0.15, 0.2) is 24.3 Å². The number of carbonyl (C=O) groups is 2. The largest absolute Gasteiger partial charge is 0.508 e. The third-order valence-corrected chi connectivity index (χ3v) is 2.07. The number of carboxylic acid groups (broad SMARTS) is 1. The SMILES string of the molecule is NC(Cc1ccccc1O)C(=O)OCC(=O)O. The van der Waals surface area contributed by atoms with Crippen molar-refractivity contribution in [1.82, 2.24) is 0 Å². The number of hydrogen-bond donors (Lipinski definition) is 3. The number of aromatic hydroxyl groups is 1. The number of carbonyl (C=O) groups excluding carboxylic acids is 1. The van der Waals surface area contributed by atoms with Crippen molar-refractivity contribution < 1.29 is 24.5 Å². The van der Waals surface area contributed by atoms with Gasteiger partial charge in [-0.05, 0) is 11.6 Å². The van der Waals surface area contributed by atoms with E-state index in [1.807, 2.05) is 0 Å². The molecule has 0 amide bonds. The van der Waals surface area contributed by atoms with Crippen LogP contribution >= 0.6 is 0 Å². The minimum absolute atomic E-state index is 0.0361. The maximum Gasteiger partial charge on any atom is 0.341 e. The predicted octanol–water partition coefficient (Wildman–Crippen LogP) is -0.110. The minimum Gasteiger partial charge on any atom is -0.508 e. The molecule has 6 nitrogen and oxygen atoms in total. The molecular weight excluding hydrogens is 226 g/mol. The number of aliphatic carboxylic acids is 1. The highest BCUT2D eigenvalue weighted by Gasteiger charge is 2.18. The van der Waals surface area contributed by atoms with Crippen LogP contribution in [0.4, 0.5) is 0 Å². The van der Waals surface area contributed by atoms with Crippen LogP contribution in [0.5, 0.6) is 5.75 Å². The molecule has 4 N–H and O–H groups in total. The van der Waals surface area contributed by atoms with E-state index in [-0.39, 0.29) is 12.2 Å². The van der Waals surface area contributed by atoms with Crippen molar-refractivity contribution in [3.05, 3.63) is 29.8 Å². The van der Waals surface area contributed by atoms with E-state index in [0.717, 1.165) is 0 Å². The van der Waals surface area contributed by atoms with E-state index in [1.54, 1.807) is 18.2 Å². The number of phenolic OH excluding ortho intramolecular Hbond substituents is 1. The number of carboxylic acids is 1. The fourth-order valence-electron chi connectivity index (χ4n) is 1.24. The number of para-hydroxylation sites is 1. The van der Waals surface area contributed by atoms with E-state index in [4.69, 9.17) is 10.8 Å². The summed E-state index contributed by atoms with van der Waals surface area (Å²) in [6.07, 6.45) is 0.0884. The van der Waals surface area contributed by atoms with Crippen molar-refractivity contribution in [3.8, 4) is 5.75 Å². The number of esters is 1. The Morgan fingerprint density at radius 3 is 2.59 bits per heavy atom. The van der Waals surface area contributed by atoms with Gasteiger partial charge in [-0.1, -0.05) is 18.2 Å². The molecule has 1 aromatic carbocycles. The van der Waals surface area contributed by atoms with Crippen molar-refractivity contribution in [2.75, 3.05) is 6.61 Å². The Bertz CT molecular complexity index is 418. The van der Waals surface area contributed by atoms with E-state index < -0.39 is 24.6 Å². The van der Waals surface area contributed by atoms with E-state index in [9.17, 15) is 14.7 Å². The van der Waals surface area contributed by atoms with Crippen LogP contribution in [0.1, 0.15) is 5.56 Å². The smallest absolute Gasteiger partial charge is 0.341 e. The number of rotatable bonds is 5. The summed E-state index contributed by atoms with van der Waals surface area (Å²) in [5, 5.41) is 17.8. The van der Waals surface area contributed by atoms with Crippen LogP contribution in [-0.2, 0) is 20.7 Å². The molecule has 1 rings (SSSR count). The molecular formula is C11H13NO5. The summed E-state index contributed by atoms with van der Waals surface area (Å²) in [6.45, 7) is -0.715. The summed E-state index contributed by atoms with van der Waals surface area (Å²) < 4.78 is 4.43. The zero-order valence-corrected chi connectivity index (χ0v) is 9.00. The quantitative estimate of drug-likeness (QED) is 0.618. The molecule has 92 valence electrons. The first-order chi connectivity index (χ1) is 8.00. The molecule has 0 aromatic heterocycles. The van der Waals surface area contributed by atoms with Gasteiger partial charge in [-0.3, -0.25) is 4.79 Å². The summed E-state index contributed by atoms with van der Waals surface area (Å²) in [6, 6.07) is 5.45. The second-order valence-corrected chi connectivity index (χ2v) is 3.44. The molecule has 17 heavy (non-hydrogen) atoms. The number of phenols is 1. The summed E-state index contributed by atoms with van der Waals surface area (Å²) in [5.41, 5.74) is 6.03. The normalized spacial score (nSPS) is 11.8. The van der Waals surface area contributed by atoms with E-state index in [2.05, 4.69) is 4.74 Å². The third kappa shape index (κ3) is 4.12. The lowest BCUT2D eigenvalue weighted by molar-refractivity contribution is -0.156. The van der Waals surface area contributed by atoms with Crippen LogP contribution in [0, 0.1) is 0 Å². The first-order valence-corrected chi connectivity index (χ1v) is 4.91. The Morgan fingerprint density at radius 1 is 1.35 bits per heavy atom. The van der Waals surface area contributed by atoms with Crippen LogP contribution in [0.3, 0.4) is 0 Å². The number of nitrogens with two attached hydrogens (primary N) is 1. The van der Waals surface area contributed by atoms with Crippen molar-refractivity contribution in [2.45, 2.75) is 12.5 Å². The molecule has 0 saturated heterocycles. The summed E-state index contributed by atoms with van der Waals surface area (Å²) >= 11 is 0. The maximum absolute atomic E-state index is 11.3. The zero-order valence-electron chi connectivity index (χ0n) is 9.00. The molecule has 6 heteroatoms. The molecule has 1 aromatic rings. The van der Waals surface area contributed by atoms with Crippen LogP contribution in [0.2, 0.25) is 0 Å². The average Bonchev–Trinajstić information content (AvgIpc) is 2.28. The molecule has 0 saturated carbocycles. The van der Waals surface area contributed by atoms with E-state index in [0.29, 0.717) is 5.56 Å². The van der Waals surface area contributed by atoms with E-state index in [1.165, 1.54) is 6.07 Å². The highest BCUT2D eigenvalue weighted by atomic mass is 16.5. The molecule has 0 aliphatic rings. The number of benzene rings is 1. The highest BCUT2D eigenvalue weighted by Crippen LogP contribution is 2.17. The second kappa shape index (κ2) is 5.86. The number of ether oxygens (including phenoxy) is 1. The van der Waals surface area contributed by atoms with Gasteiger partial charge in [0.2, 0.25) is 0 Å². The summed E-state index contributed by atoms with van der Waals surface area (Å²) in [7, 11) is 0. The van der Waals surface area contributed by atoms with Crippen molar-refractivity contribution in [3.63, 3.8) is 0 Å². The Hall–Kier alpha value is -2.08. The molecule has 0 bridgehead atoms. The van der Waals surface area contributed by atoms with Crippen molar-refractivity contribution in [1.29, 1.82) is 0 Å². The number of hydrogen-bond acceptors (Lipinski definition) is 5. The monoisotopic (exact) mass is 239 g/mol. The minimum atomic E-state index is -1.24. The van der Waals surface area contributed by atoms with Crippen LogP contribution in [0.25, 0.3) is 0 Å². The standard InChI is InChI=1S/C11H13NO5/c12-8(11(16)17-6-10(14)15)5-7-3-1-2-4-9(7)13/h1-4,8,13H,5-6,12H2,(H,14,15). The van der Waals surface area contributed by atoms with Crippen LogP contribution < -0.4 is 5.73 Å². The third-order valence-electron chi connectivity index (χ3n) is 2.07. The average molecular weight is 239 g/mol.